The van der Waals surface area contributed by atoms with Gasteiger partial charge in [0.05, 0.1) is 0 Å². The average Bonchev–Trinajstić information content (AvgIpc) is 2.17. The third-order valence-electron chi connectivity index (χ3n) is 3.35. The Labute approximate surface area is 99.8 Å². The molecule has 0 N–H and O–H groups in total. The molecule has 94 valence electrons. The molecular formula is C14H26O2. The summed E-state index contributed by atoms with van der Waals surface area (Å²) in [6.45, 7) is 6.33. The summed E-state index contributed by atoms with van der Waals surface area (Å²) in [6, 6.07) is 0. The lowest BCUT2D eigenvalue weighted by Crippen LogP contribution is -2.35. The highest BCUT2D eigenvalue weighted by Crippen LogP contribution is 2.30. The Hall–Kier alpha value is -0.370. The highest BCUT2D eigenvalue weighted by molar-refractivity contribution is 5.83. The van der Waals surface area contributed by atoms with Crippen LogP contribution in [-0.2, 0) is 9.53 Å². The molecule has 0 aromatic carbocycles. The van der Waals surface area contributed by atoms with E-state index >= 15 is 0 Å². The van der Waals surface area contributed by atoms with E-state index < -0.39 is 0 Å². The van der Waals surface area contributed by atoms with Gasteiger partial charge in [0.1, 0.15) is 6.10 Å². The summed E-state index contributed by atoms with van der Waals surface area (Å²) in [5.74, 6) is 0.760. The Morgan fingerprint density at radius 1 is 1.25 bits per heavy atom. The lowest BCUT2D eigenvalue weighted by molar-refractivity contribution is -0.134. The van der Waals surface area contributed by atoms with Crippen molar-refractivity contribution in [2.24, 2.45) is 11.3 Å². The second-order valence-electron chi connectivity index (χ2n) is 6.26. The van der Waals surface area contributed by atoms with Gasteiger partial charge in [0.25, 0.3) is 0 Å². The Balaban J connectivity index is 2.55. The number of ether oxygens (including phenoxy) is 1. The number of Topliss-reactive ketones (excluding diaryl/α,β-unsaturated/α-hetero) is 1. The molecule has 0 bridgehead atoms. The van der Waals surface area contributed by atoms with Gasteiger partial charge < -0.3 is 4.74 Å². The molecule has 0 aromatic heterocycles. The summed E-state index contributed by atoms with van der Waals surface area (Å²) in [5.41, 5.74) is 0.0720. The van der Waals surface area contributed by atoms with Crippen LogP contribution in [0.4, 0.5) is 0 Å². The minimum absolute atomic E-state index is 0.0720. The van der Waals surface area contributed by atoms with Gasteiger partial charge in [-0.05, 0) is 24.2 Å². The molecule has 2 nitrogen and oxygen atoms in total. The molecule has 1 unspecified atom stereocenters. The Kier molecular flexibility index (Phi) is 4.97. The van der Waals surface area contributed by atoms with Gasteiger partial charge in [-0.15, -0.1) is 0 Å². The molecule has 0 radical (unpaired) electrons. The molecule has 0 aromatic rings. The fourth-order valence-corrected chi connectivity index (χ4v) is 2.65. The van der Waals surface area contributed by atoms with Crippen LogP contribution >= 0.6 is 0 Å². The summed E-state index contributed by atoms with van der Waals surface area (Å²) in [7, 11) is 1.68. The fraction of sp³-hybridized carbons (Fsp3) is 0.929. The minimum atomic E-state index is -0.153. The lowest BCUT2D eigenvalue weighted by Gasteiger charge is -2.30. The predicted octanol–water partition coefficient (Wildman–Crippen LogP) is 3.59. The predicted molar refractivity (Wildman–Crippen MR) is 66.5 cm³/mol. The molecule has 1 aliphatic carbocycles. The number of carbonyl (C=O) groups is 1. The van der Waals surface area contributed by atoms with Crippen LogP contribution in [0.25, 0.3) is 0 Å². The normalized spacial score (nSPS) is 20.8. The molecule has 1 saturated carbocycles. The number of ketones is 1. The number of methoxy groups -OCH3 is 1. The van der Waals surface area contributed by atoms with Crippen molar-refractivity contribution in [1.82, 2.24) is 0 Å². The van der Waals surface area contributed by atoms with Crippen LogP contribution in [0.1, 0.15) is 59.3 Å². The molecule has 1 fully saturated rings. The molecular weight excluding hydrogens is 200 g/mol. The first-order chi connectivity index (χ1) is 7.44. The van der Waals surface area contributed by atoms with Crippen LogP contribution in [-0.4, -0.2) is 19.0 Å². The summed E-state index contributed by atoms with van der Waals surface area (Å²) in [6.07, 6.45) is 6.63. The highest BCUT2D eigenvalue weighted by atomic mass is 16.5. The van der Waals surface area contributed by atoms with Crippen LogP contribution in [0.5, 0.6) is 0 Å². The molecule has 1 aliphatic rings. The van der Waals surface area contributed by atoms with Crippen LogP contribution in [0.2, 0.25) is 0 Å². The minimum Gasteiger partial charge on any atom is -0.373 e. The van der Waals surface area contributed by atoms with Gasteiger partial charge in [0.15, 0.2) is 5.78 Å². The van der Waals surface area contributed by atoms with E-state index in [4.69, 9.17) is 4.74 Å². The number of rotatable bonds is 4. The summed E-state index contributed by atoms with van der Waals surface area (Å²) in [4.78, 5) is 12.2. The van der Waals surface area contributed by atoms with Crippen LogP contribution in [0, 0.1) is 11.3 Å². The summed E-state index contributed by atoms with van der Waals surface area (Å²) >= 11 is 0. The average molecular weight is 226 g/mol. The zero-order chi connectivity index (χ0) is 12.2. The van der Waals surface area contributed by atoms with Crippen molar-refractivity contribution >= 4 is 5.78 Å². The maximum Gasteiger partial charge on any atom is 0.162 e. The largest absolute Gasteiger partial charge is 0.373 e. The summed E-state index contributed by atoms with van der Waals surface area (Å²) in [5, 5.41) is 0. The maximum atomic E-state index is 12.2. The Morgan fingerprint density at radius 2 is 1.81 bits per heavy atom. The number of hydrogen-bond acceptors (Lipinski definition) is 2. The van der Waals surface area contributed by atoms with Crippen molar-refractivity contribution in [1.29, 1.82) is 0 Å². The van der Waals surface area contributed by atoms with E-state index in [1.807, 2.05) is 0 Å². The fourth-order valence-electron chi connectivity index (χ4n) is 2.65. The first kappa shape index (κ1) is 13.7. The third-order valence-corrected chi connectivity index (χ3v) is 3.35. The lowest BCUT2D eigenvalue weighted by atomic mass is 9.80. The second-order valence-corrected chi connectivity index (χ2v) is 6.26. The van der Waals surface area contributed by atoms with E-state index in [0.717, 1.165) is 12.8 Å². The molecule has 2 heteroatoms. The molecule has 1 atom stereocenters. The van der Waals surface area contributed by atoms with E-state index in [2.05, 4.69) is 20.8 Å². The Morgan fingerprint density at radius 3 is 2.25 bits per heavy atom. The van der Waals surface area contributed by atoms with E-state index in [1.54, 1.807) is 7.11 Å². The van der Waals surface area contributed by atoms with Crippen molar-refractivity contribution < 1.29 is 9.53 Å². The zero-order valence-electron chi connectivity index (χ0n) is 11.2. The summed E-state index contributed by atoms with van der Waals surface area (Å²) < 4.78 is 5.45. The topological polar surface area (TPSA) is 26.3 Å². The second kappa shape index (κ2) is 5.81. The smallest absolute Gasteiger partial charge is 0.162 e. The molecule has 0 saturated heterocycles. The van der Waals surface area contributed by atoms with E-state index in [9.17, 15) is 4.79 Å². The van der Waals surface area contributed by atoms with Crippen molar-refractivity contribution in [2.75, 3.05) is 7.11 Å². The van der Waals surface area contributed by atoms with Gasteiger partial charge in [-0.1, -0.05) is 40.0 Å². The highest BCUT2D eigenvalue weighted by Gasteiger charge is 2.31. The van der Waals surface area contributed by atoms with Gasteiger partial charge in [-0.3, -0.25) is 4.79 Å². The van der Waals surface area contributed by atoms with E-state index in [1.165, 1.54) is 19.3 Å². The molecule has 0 spiro atoms. The quantitative estimate of drug-likeness (QED) is 0.732. The van der Waals surface area contributed by atoms with Gasteiger partial charge in [-0.25, -0.2) is 0 Å². The van der Waals surface area contributed by atoms with Crippen LogP contribution < -0.4 is 0 Å². The van der Waals surface area contributed by atoms with Crippen molar-refractivity contribution in [3.05, 3.63) is 0 Å². The van der Waals surface area contributed by atoms with Crippen LogP contribution in [0.3, 0.4) is 0 Å². The first-order valence-corrected chi connectivity index (χ1v) is 6.49. The van der Waals surface area contributed by atoms with Gasteiger partial charge in [-0.2, -0.15) is 0 Å². The molecule has 1 rings (SSSR count). The van der Waals surface area contributed by atoms with Gasteiger partial charge >= 0.3 is 0 Å². The monoisotopic (exact) mass is 226 g/mol. The molecule has 0 aliphatic heterocycles. The number of carbonyl (C=O) groups excluding carboxylic acids is 1. The van der Waals surface area contributed by atoms with Crippen LogP contribution in [0.15, 0.2) is 0 Å². The SMILES string of the molecule is COC(C(=O)CC(C)(C)C)C1CCCCC1. The third kappa shape index (κ3) is 4.25. The van der Waals surface area contributed by atoms with Gasteiger partial charge in [0, 0.05) is 13.5 Å². The maximum absolute atomic E-state index is 12.2. The zero-order valence-corrected chi connectivity index (χ0v) is 11.2. The van der Waals surface area contributed by atoms with Gasteiger partial charge in [0.2, 0.25) is 0 Å². The molecule has 0 heterocycles. The standard InChI is InChI=1S/C14H26O2/c1-14(2,3)10-12(15)13(16-4)11-8-6-5-7-9-11/h11,13H,5-10H2,1-4H3. The van der Waals surface area contributed by atoms with E-state index in [-0.39, 0.29) is 11.5 Å². The molecule has 16 heavy (non-hydrogen) atoms. The molecule has 0 amide bonds. The number of hydrogen-bond donors (Lipinski definition) is 0. The first-order valence-electron chi connectivity index (χ1n) is 6.49. The van der Waals surface area contributed by atoms with Crippen molar-refractivity contribution in [3.8, 4) is 0 Å². The van der Waals surface area contributed by atoms with Crippen molar-refractivity contribution in [2.45, 2.75) is 65.4 Å². The Bertz CT molecular complexity index is 221. The van der Waals surface area contributed by atoms with Crippen molar-refractivity contribution in [3.63, 3.8) is 0 Å². The van der Waals surface area contributed by atoms with E-state index in [0.29, 0.717) is 18.1 Å².